The van der Waals surface area contributed by atoms with E-state index in [1.807, 2.05) is 23.1 Å². The van der Waals surface area contributed by atoms with E-state index in [9.17, 15) is 14.4 Å². The molecule has 1 aliphatic heterocycles. The van der Waals surface area contributed by atoms with E-state index in [0.29, 0.717) is 27.7 Å². The van der Waals surface area contributed by atoms with Crippen LogP contribution in [0.3, 0.4) is 0 Å². The van der Waals surface area contributed by atoms with Crippen molar-refractivity contribution in [2.75, 3.05) is 13.1 Å². The molecule has 31 heavy (non-hydrogen) atoms. The lowest BCUT2D eigenvalue weighted by atomic mass is 9.92. The summed E-state index contributed by atoms with van der Waals surface area (Å²) < 4.78 is 2.78. The van der Waals surface area contributed by atoms with Gasteiger partial charge < -0.3 is 4.90 Å². The van der Waals surface area contributed by atoms with Gasteiger partial charge in [-0.25, -0.2) is 9.36 Å². The lowest BCUT2D eigenvalue weighted by molar-refractivity contribution is -0.134. The summed E-state index contributed by atoms with van der Waals surface area (Å²) in [6.07, 6.45) is 3.93. The molecular weight excluding hydrogens is 410 g/mol. The third kappa shape index (κ3) is 3.45. The van der Waals surface area contributed by atoms with E-state index in [2.05, 4.69) is 13.8 Å². The minimum atomic E-state index is -0.435. The normalized spacial score (nSPS) is 20.9. The first kappa shape index (κ1) is 20.2. The first-order valence-corrected chi connectivity index (χ1v) is 11.9. The molecule has 2 atom stereocenters. The van der Waals surface area contributed by atoms with Crippen molar-refractivity contribution in [3.63, 3.8) is 0 Å². The Kier molecular flexibility index (Phi) is 5.08. The molecule has 0 N–H and O–H groups in total. The van der Waals surface area contributed by atoms with Crippen molar-refractivity contribution in [2.24, 2.45) is 11.8 Å². The Bertz CT molecular complexity index is 1260. The van der Waals surface area contributed by atoms with E-state index < -0.39 is 5.69 Å². The van der Waals surface area contributed by atoms with Crippen LogP contribution in [-0.2, 0) is 24.2 Å². The molecule has 2 aliphatic rings. The van der Waals surface area contributed by atoms with Gasteiger partial charge in [-0.15, -0.1) is 11.3 Å². The fourth-order valence-electron chi connectivity index (χ4n) is 5.25. The number of carbonyl (C=O) groups excluding carboxylic acids is 1. The number of aromatic nitrogens is 2. The minimum absolute atomic E-state index is 0.0265. The first-order chi connectivity index (χ1) is 14.9. The smallest absolute Gasteiger partial charge is 0.337 e. The number of aryl methyl sites for hydroxylation is 2. The molecule has 1 saturated heterocycles. The zero-order valence-corrected chi connectivity index (χ0v) is 18.8. The van der Waals surface area contributed by atoms with Crippen LogP contribution in [0.25, 0.3) is 15.9 Å². The Hall–Kier alpha value is -2.67. The number of nitrogens with zero attached hydrogens (tertiary/aromatic N) is 3. The summed E-state index contributed by atoms with van der Waals surface area (Å²) >= 11 is 1.51. The summed E-state index contributed by atoms with van der Waals surface area (Å²) in [5.74, 6) is 0.857. The number of hydrogen-bond acceptors (Lipinski definition) is 4. The van der Waals surface area contributed by atoms with Gasteiger partial charge in [-0.1, -0.05) is 32.0 Å². The number of piperidine rings is 1. The van der Waals surface area contributed by atoms with Crippen LogP contribution in [-0.4, -0.2) is 33.0 Å². The van der Waals surface area contributed by atoms with Gasteiger partial charge in [0.1, 0.15) is 11.4 Å². The molecule has 0 spiro atoms. The molecule has 0 saturated carbocycles. The molecule has 162 valence electrons. The zero-order valence-electron chi connectivity index (χ0n) is 18.0. The second kappa shape index (κ2) is 7.79. The van der Waals surface area contributed by atoms with Crippen molar-refractivity contribution in [3.05, 3.63) is 61.6 Å². The number of benzene rings is 1. The molecule has 0 unspecified atom stereocenters. The standard InChI is InChI=1S/C24H27N3O3S/c1-15-11-16(2)13-25(12-15)20(28)14-26-23-21(18-9-6-10-19(18)31-23)22(29)27(24(26)30)17-7-4-3-5-8-17/h3-5,7-8,15-16H,6,9-14H2,1-2H3/t15-,16-/m1/s1. The van der Waals surface area contributed by atoms with E-state index in [0.717, 1.165) is 44.3 Å². The number of thiophene rings is 1. The average Bonchev–Trinajstić information content (AvgIpc) is 3.32. The molecule has 5 rings (SSSR count). The minimum Gasteiger partial charge on any atom is -0.341 e. The van der Waals surface area contributed by atoms with E-state index in [-0.39, 0.29) is 18.0 Å². The third-order valence-corrected chi connectivity index (χ3v) is 7.83. The van der Waals surface area contributed by atoms with Crippen LogP contribution >= 0.6 is 11.3 Å². The molecule has 3 heterocycles. The van der Waals surface area contributed by atoms with Crippen LogP contribution in [0.1, 0.15) is 37.1 Å². The van der Waals surface area contributed by atoms with Crippen LogP contribution in [0.5, 0.6) is 0 Å². The Balaban J connectivity index is 1.66. The fourth-order valence-corrected chi connectivity index (χ4v) is 6.63. The number of para-hydroxylation sites is 1. The molecule has 0 bridgehead atoms. The number of carbonyl (C=O) groups is 1. The molecule has 1 aromatic carbocycles. The van der Waals surface area contributed by atoms with Crippen LogP contribution in [0, 0.1) is 11.8 Å². The highest BCUT2D eigenvalue weighted by molar-refractivity contribution is 7.19. The van der Waals surface area contributed by atoms with Crippen molar-refractivity contribution < 1.29 is 4.79 Å². The van der Waals surface area contributed by atoms with E-state index in [1.165, 1.54) is 20.8 Å². The lowest BCUT2D eigenvalue weighted by Gasteiger charge is -2.35. The highest BCUT2D eigenvalue weighted by Crippen LogP contribution is 2.35. The Morgan fingerprint density at radius 1 is 1.06 bits per heavy atom. The van der Waals surface area contributed by atoms with E-state index >= 15 is 0 Å². The molecule has 2 aromatic heterocycles. The number of amides is 1. The number of fused-ring (bicyclic) bond motifs is 3. The van der Waals surface area contributed by atoms with Crippen LogP contribution in [0.15, 0.2) is 39.9 Å². The Labute approximate surface area is 184 Å². The van der Waals surface area contributed by atoms with Gasteiger partial charge in [0.05, 0.1) is 11.1 Å². The largest absolute Gasteiger partial charge is 0.341 e. The molecule has 1 amide bonds. The summed E-state index contributed by atoms with van der Waals surface area (Å²) in [5.41, 5.74) is 0.902. The Morgan fingerprint density at radius 3 is 2.48 bits per heavy atom. The van der Waals surface area contributed by atoms with Gasteiger partial charge in [-0.05, 0) is 55.2 Å². The quantitative estimate of drug-likeness (QED) is 0.632. The van der Waals surface area contributed by atoms with Crippen molar-refractivity contribution in [2.45, 2.75) is 46.1 Å². The zero-order chi connectivity index (χ0) is 21.7. The maximum absolute atomic E-state index is 13.5. The highest BCUT2D eigenvalue weighted by Gasteiger charge is 2.29. The summed E-state index contributed by atoms with van der Waals surface area (Å²) in [6, 6.07) is 9.02. The Morgan fingerprint density at radius 2 is 1.77 bits per heavy atom. The van der Waals surface area contributed by atoms with E-state index in [1.54, 1.807) is 16.7 Å². The molecule has 7 heteroatoms. The lowest BCUT2D eigenvalue weighted by Crippen LogP contribution is -2.46. The second-order valence-electron chi connectivity index (χ2n) is 9.13. The summed E-state index contributed by atoms with van der Waals surface area (Å²) in [4.78, 5) is 44.0. The van der Waals surface area contributed by atoms with Crippen LogP contribution < -0.4 is 11.2 Å². The predicted octanol–water partition coefficient (Wildman–Crippen LogP) is 3.21. The first-order valence-electron chi connectivity index (χ1n) is 11.1. The number of likely N-dealkylation sites (tertiary alicyclic amines) is 1. The molecule has 0 radical (unpaired) electrons. The van der Waals surface area contributed by atoms with Gasteiger partial charge in [-0.2, -0.15) is 0 Å². The van der Waals surface area contributed by atoms with E-state index in [4.69, 9.17) is 0 Å². The van der Waals surface area contributed by atoms with Gasteiger partial charge in [-0.3, -0.25) is 14.2 Å². The van der Waals surface area contributed by atoms with Crippen molar-refractivity contribution >= 4 is 27.5 Å². The second-order valence-corrected chi connectivity index (χ2v) is 10.2. The fraction of sp³-hybridized carbons (Fsp3) is 0.458. The molecule has 1 aliphatic carbocycles. The third-order valence-electron chi connectivity index (χ3n) is 6.52. The topological polar surface area (TPSA) is 64.3 Å². The molecular formula is C24H27N3O3S. The molecule has 1 fully saturated rings. The monoisotopic (exact) mass is 437 g/mol. The van der Waals surface area contributed by atoms with Crippen molar-refractivity contribution in [1.82, 2.24) is 14.0 Å². The van der Waals surface area contributed by atoms with Crippen LogP contribution in [0.4, 0.5) is 0 Å². The number of hydrogen-bond donors (Lipinski definition) is 0. The van der Waals surface area contributed by atoms with Crippen LogP contribution in [0.2, 0.25) is 0 Å². The van der Waals surface area contributed by atoms with Gasteiger partial charge in [0.25, 0.3) is 5.56 Å². The molecule has 3 aromatic rings. The molecule has 6 nitrogen and oxygen atoms in total. The average molecular weight is 438 g/mol. The van der Waals surface area contributed by atoms with Gasteiger partial charge >= 0.3 is 5.69 Å². The SMILES string of the molecule is C[C@@H]1C[C@@H](C)CN(C(=O)Cn2c(=O)n(-c3ccccc3)c(=O)c3c4c(sc32)CCC4)C1. The van der Waals surface area contributed by atoms with Gasteiger partial charge in [0.2, 0.25) is 5.91 Å². The summed E-state index contributed by atoms with van der Waals surface area (Å²) in [7, 11) is 0. The summed E-state index contributed by atoms with van der Waals surface area (Å²) in [5, 5.41) is 0.620. The highest BCUT2D eigenvalue weighted by atomic mass is 32.1. The maximum Gasteiger partial charge on any atom is 0.337 e. The van der Waals surface area contributed by atoms with Gasteiger partial charge in [0, 0.05) is 18.0 Å². The predicted molar refractivity (Wildman–Crippen MR) is 123 cm³/mol. The number of rotatable bonds is 3. The van der Waals surface area contributed by atoms with Crippen molar-refractivity contribution in [1.29, 1.82) is 0 Å². The maximum atomic E-state index is 13.5. The summed E-state index contributed by atoms with van der Waals surface area (Å²) in [6.45, 7) is 5.75. The van der Waals surface area contributed by atoms with Gasteiger partial charge in [0.15, 0.2) is 0 Å². The van der Waals surface area contributed by atoms with Crippen molar-refractivity contribution in [3.8, 4) is 5.69 Å².